The second-order valence-electron chi connectivity index (χ2n) is 9.89. The standard InChI is InChI=1S/C27H25ClN8O5.C2HF3O2/c1-40-27(39)31-18-8-9-19-21(13-18)33-24(37)5-3-2-4-20(26-29-14-23(19)41-26)32-25(38)11-6-16-12-17(28)7-10-22(16)36-15-30-34-35-36;3-2(4,5)1(6)7/h6-15,20H,2-5H2,1H3,(H,31,39)(H,32,38)(H,33,37);(H,6,7)/b11-6+;/t20-;/m0./s1. The lowest BCUT2D eigenvalue weighted by Gasteiger charge is -2.16. The summed E-state index contributed by atoms with van der Waals surface area (Å²) in [7, 11) is 1.26. The van der Waals surface area contributed by atoms with Gasteiger partial charge >= 0.3 is 18.2 Å². The summed E-state index contributed by atoms with van der Waals surface area (Å²) in [6.45, 7) is 0. The maximum Gasteiger partial charge on any atom is 0.490 e. The number of fused-ring (bicyclic) bond motifs is 4. The van der Waals surface area contributed by atoms with Crippen molar-refractivity contribution in [2.24, 2.45) is 0 Å². The fourth-order valence-corrected chi connectivity index (χ4v) is 4.49. The zero-order valence-electron chi connectivity index (χ0n) is 24.8. The van der Waals surface area contributed by atoms with Crippen LogP contribution in [-0.2, 0) is 19.1 Å². The molecule has 0 aliphatic carbocycles. The van der Waals surface area contributed by atoms with Crippen molar-refractivity contribution in [3.63, 3.8) is 0 Å². The van der Waals surface area contributed by atoms with E-state index in [4.69, 9.17) is 25.9 Å². The first-order valence-corrected chi connectivity index (χ1v) is 14.3. The number of halogens is 4. The van der Waals surface area contributed by atoms with Crippen molar-refractivity contribution in [2.45, 2.75) is 37.9 Å². The number of oxazole rings is 1. The molecule has 1 aliphatic heterocycles. The van der Waals surface area contributed by atoms with Crippen LogP contribution in [0.3, 0.4) is 0 Å². The molecule has 1 atom stereocenters. The molecule has 3 heterocycles. The van der Waals surface area contributed by atoms with Crippen LogP contribution in [0.5, 0.6) is 0 Å². The van der Waals surface area contributed by atoms with Crippen molar-refractivity contribution in [1.82, 2.24) is 30.5 Å². The van der Waals surface area contributed by atoms with E-state index in [9.17, 15) is 27.6 Å². The van der Waals surface area contributed by atoms with E-state index in [1.165, 1.54) is 30.4 Å². The number of tetrazole rings is 1. The first kappa shape index (κ1) is 35.1. The number of carbonyl (C=O) groups excluding carboxylic acids is 3. The molecule has 15 nitrogen and oxygen atoms in total. The SMILES string of the molecule is COC(=O)Nc1ccc2c(c1)NC(=O)CCCC[C@H](NC(=O)/C=C/c1cc(Cl)ccc1-n1cnnn1)c1ncc-2o1.O=C(O)C(F)(F)F. The Morgan fingerprint density at radius 3 is 2.65 bits per heavy atom. The molecule has 48 heavy (non-hydrogen) atoms. The lowest BCUT2D eigenvalue weighted by molar-refractivity contribution is -0.192. The zero-order valence-corrected chi connectivity index (χ0v) is 25.6. The smallest absolute Gasteiger partial charge is 0.475 e. The van der Waals surface area contributed by atoms with Crippen molar-refractivity contribution >= 4 is 52.9 Å². The van der Waals surface area contributed by atoms with E-state index in [0.29, 0.717) is 64.1 Å². The topological polar surface area (TPSA) is 203 Å². The van der Waals surface area contributed by atoms with Gasteiger partial charge in [-0.25, -0.2) is 14.6 Å². The number of ether oxygens (including phenoxy) is 1. The zero-order chi connectivity index (χ0) is 34.8. The molecule has 4 N–H and O–H groups in total. The molecule has 19 heteroatoms. The van der Waals surface area contributed by atoms with Crippen molar-refractivity contribution in [3.8, 4) is 17.0 Å². The molecule has 3 amide bonds. The highest BCUT2D eigenvalue weighted by Gasteiger charge is 2.38. The molecule has 252 valence electrons. The van der Waals surface area contributed by atoms with Gasteiger partial charge < -0.3 is 24.9 Å². The van der Waals surface area contributed by atoms with Crippen molar-refractivity contribution in [3.05, 3.63) is 71.5 Å². The minimum absolute atomic E-state index is 0.190. The van der Waals surface area contributed by atoms with Crippen LogP contribution >= 0.6 is 11.6 Å². The highest BCUT2D eigenvalue weighted by molar-refractivity contribution is 6.30. The first-order chi connectivity index (χ1) is 22.8. The second kappa shape index (κ2) is 15.7. The van der Waals surface area contributed by atoms with Gasteiger partial charge in [-0.1, -0.05) is 18.0 Å². The number of aliphatic carboxylic acids is 1. The third kappa shape index (κ3) is 9.61. The number of alkyl halides is 3. The van der Waals surface area contributed by atoms with E-state index in [1.807, 2.05) is 0 Å². The molecule has 0 fully saturated rings. The van der Waals surface area contributed by atoms with Crippen LogP contribution in [0, 0.1) is 0 Å². The van der Waals surface area contributed by atoms with Crippen LogP contribution in [0.15, 0.2) is 59.4 Å². The molecule has 0 saturated heterocycles. The van der Waals surface area contributed by atoms with Crippen LogP contribution in [0.4, 0.5) is 29.3 Å². The summed E-state index contributed by atoms with van der Waals surface area (Å²) in [5.74, 6) is -2.60. The minimum atomic E-state index is -5.08. The highest BCUT2D eigenvalue weighted by atomic mass is 35.5. The molecule has 0 spiro atoms. The highest BCUT2D eigenvalue weighted by Crippen LogP contribution is 2.34. The number of aromatic nitrogens is 5. The van der Waals surface area contributed by atoms with Crippen LogP contribution in [-0.4, -0.2) is 67.5 Å². The van der Waals surface area contributed by atoms with Gasteiger partial charge in [-0.2, -0.15) is 17.9 Å². The molecule has 5 rings (SSSR count). The summed E-state index contributed by atoms with van der Waals surface area (Å²) < 4.78 is 43.9. The summed E-state index contributed by atoms with van der Waals surface area (Å²) in [5, 5.41) is 27.2. The average Bonchev–Trinajstić information content (AvgIpc) is 3.74. The average molecular weight is 691 g/mol. The van der Waals surface area contributed by atoms with Gasteiger partial charge in [0.15, 0.2) is 5.76 Å². The Morgan fingerprint density at radius 1 is 1.19 bits per heavy atom. The van der Waals surface area contributed by atoms with Gasteiger partial charge in [0.25, 0.3) is 0 Å². The molecule has 0 unspecified atom stereocenters. The predicted molar refractivity (Wildman–Crippen MR) is 163 cm³/mol. The second-order valence-corrected chi connectivity index (χ2v) is 10.3. The first-order valence-electron chi connectivity index (χ1n) is 13.9. The number of nitrogens with zero attached hydrogens (tertiary/aromatic N) is 5. The summed E-state index contributed by atoms with van der Waals surface area (Å²) in [4.78, 5) is 50.6. The van der Waals surface area contributed by atoms with Crippen molar-refractivity contribution < 1.29 is 46.6 Å². The van der Waals surface area contributed by atoms with Gasteiger partial charge in [0.1, 0.15) is 12.4 Å². The lowest BCUT2D eigenvalue weighted by Crippen LogP contribution is -2.27. The van der Waals surface area contributed by atoms with Crippen LogP contribution in [0.25, 0.3) is 23.1 Å². The summed E-state index contributed by atoms with van der Waals surface area (Å²) in [6, 6.07) is 9.58. The molecular formula is C29H26ClF3N8O7. The number of carboxylic acids is 1. The van der Waals surface area contributed by atoms with E-state index in [0.717, 1.165) is 0 Å². The molecule has 0 saturated carbocycles. The van der Waals surface area contributed by atoms with Gasteiger partial charge in [-0.15, -0.1) is 5.10 Å². The quantitative estimate of drug-likeness (QED) is 0.201. The Hall–Kier alpha value is -5.78. The fourth-order valence-electron chi connectivity index (χ4n) is 4.31. The number of benzene rings is 2. The largest absolute Gasteiger partial charge is 0.490 e. The number of hydrogen-bond donors (Lipinski definition) is 4. The van der Waals surface area contributed by atoms with Gasteiger partial charge in [0.05, 0.1) is 24.7 Å². The maximum atomic E-state index is 13.0. The number of amides is 3. The number of methoxy groups -OCH3 is 1. The van der Waals surface area contributed by atoms with E-state index in [2.05, 4.69) is 41.2 Å². The third-order valence-electron chi connectivity index (χ3n) is 6.52. The Labute approximate surface area is 274 Å². The van der Waals surface area contributed by atoms with Gasteiger partial charge in [-0.05, 0) is 65.7 Å². The van der Waals surface area contributed by atoms with E-state index >= 15 is 0 Å². The molecular weight excluding hydrogens is 665 g/mol. The minimum Gasteiger partial charge on any atom is -0.475 e. The Kier molecular flexibility index (Phi) is 11.5. The Morgan fingerprint density at radius 2 is 1.96 bits per heavy atom. The van der Waals surface area contributed by atoms with Crippen molar-refractivity contribution in [2.75, 3.05) is 17.7 Å². The number of rotatable bonds is 5. The van der Waals surface area contributed by atoms with E-state index in [-0.39, 0.29) is 18.2 Å². The number of hydrogen-bond acceptors (Lipinski definition) is 10. The van der Waals surface area contributed by atoms with E-state index in [1.54, 1.807) is 42.5 Å². The lowest BCUT2D eigenvalue weighted by atomic mass is 10.1. The molecule has 2 aromatic carbocycles. The van der Waals surface area contributed by atoms with Crippen LogP contribution < -0.4 is 16.0 Å². The number of carboxylic acid groups (broad SMARTS) is 1. The molecule has 1 aliphatic rings. The van der Waals surface area contributed by atoms with Crippen LogP contribution in [0.1, 0.15) is 43.2 Å². The number of anilines is 2. The summed E-state index contributed by atoms with van der Waals surface area (Å²) in [6.07, 6.45) is 2.26. The number of carbonyl (C=O) groups is 4. The van der Waals surface area contributed by atoms with Crippen LogP contribution in [0.2, 0.25) is 5.02 Å². The maximum absolute atomic E-state index is 13.0. The predicted octanol–water partition coefficient (Wildman–Crippen LogP) is 5.17. The third-order valence-corrected chi connectivity index (χ3v) is 6.75. The van der Waals surface area contributed by atoms with Crippen molar-refractivity contribution in [1.29, 1.82) is 0 Å². The fraction of sp³-hybridized carbons (Fsp3) is 0.241. The Balaban J connectivity index is 0.000000671. The molecule has 2 bridgehead atoms. The molecule has 0 radical (unpaired) electrons. The normalized spacial score (nSPS) is 14.7. The Bertz CT molecular complexity index is 1810. The summed E-state index contributed by atoms with van der Waals surface area (Å²) >= 11 is 6.18. The van der Waals surface area contributed by atoms with Gasteiger partial charge in [0.2, 0.25) is 17.7 Å². The van der Waals surface area contributed by atoms with Gasteiger partial charge in [0, 0.05) is 34.3 Å². The molecule has 4 aromatic rings. The number of nitrogens with one attached hydrogen (secondary N) is 3. The summed E-state index contributed by atoms with van der Waals surface area (Å²) in [5.41, 5.74) is 2.72. The van der Waals surface area contributed by atoms with E-state index < -0.39 is 24.3 Å². The molecule has 2 aromatic heterocycles. The monoisotopic (exact) mass is 690 g/mol. The van der Waals surface area contributed by atoms with Gasteiger partial charge in [-0.3, -0.25) is 14.9 Å².